The predicted octanol–water partition coefficient (Wildman–Crippen LogP) is 6.95. The first-order valence-electron chi connectivity index (χ1n) is 12.0. The van der Waals surface area contributed by atoms with Gasteiger partial charge in [-0.15, -0.1) is 21.5 Å². The number of carbonyl (C=O) groups is 1. The van der Waals surface area contributed by atoms with E-state index >= 15 is 0 Å². The molecule has 6 nitrogen and oxygen atoms in total. The van der Waals surface area contributed by atoms with Gasteiger partial charge in [0.25, 0.3) is 0 Å². The van der Waals surface area contributed by atoms with Crippen molar-refractivity contribution < 1.29 is 4.79 Å². The van der Waals surface area contributed by atoms with Gasteiger partial charge in [0.05, 0.1) is 12.1 Å². The van der Waals surface area contributed by atoms with E-state index in [-0.39, 0.29) is 12.3 Å². The Labute approximate surface area is 220 Å². The van der Waals surface area contributed by atoms with Gasteiger partial charge < -0.3 is 5.32 Å². The lowest BCUT2D eigenvalue weighted by Gasteiger charge is -2.13. The van der Waals surface area contributed by atoms with E-state index in [4.69, 9.17) is 16.6 Å². The minimum absolute atomic E-state index is 0.123. The van der Waals surface area contributed by atoms with Gasteiger partial charge in [0, 0.05) is 26.7 Å². The van der Waals surface area contributed by atoms with Crippen molar-refractivity contribution in [3.63, 3.8) is 0 Å². The zero-order chi connectivity index (χ0) is 25.6. The molecule has 5 rings (SSSR count). The van der Waals surface area contributed by atoms with Crippen molar-refractivity contribution in [2.24, 2.45) is 4.99 Å². The third kappa shape index (κ3) is 4.49. The predicted molar refractivity (Wildman–Crippen MR) is 147 cm³/mol. The standard InChI is InChI=1S/C28H28ClN5OS/c1-15(2)19-8-12-22(13-9-19)30-24(35)14-23-27-33-32-18(5)34(27)28-25(16(3)17(4)36-28)26(31-23)20-6-10-21(29)11-7-20/h6-13,15,23H,14H2,1-5H3,(H,30,35)/t23-/m1/s1. The Morgan fingerprint density at radius 3 is 2.42 bits per heavy atom. The number of anilines is 1. The van der Waals surface area contributed by atoms with Gasteiger partial charge >= 0.3 is 0 Å². The summed E-state index contributed by atoms with van der Waals surface area (Å²) < 4.78 is 2.06. The maximum absolute atomic E-state index is 13.2. The van der Waals surface area contributed by atoms with Crippen LogP contribution in [0.2, 0.25) is 5.02 Å². The van der Waals surface area contributed by atoms with Crippen LogP contribution in [0.3, 0.4) is 0 Å². The summed E-state index contributed by atoms with van der Waals surface area (Å²) in [5.41, 5.74) is 6.01. The molecule has 1 amide bonds. The van der Waals surface area contributed by atoms with Gasteiger partial charge in [0.2, 0.25) is 5.91 Å². The lowest BCUT2D eigenvalue weighted by Crippen LogP contribution is -2.17. The molecule has 3 heterocycles. The van der Waals surface area contributed by atoms with E-state index in [1.54, 1.807) is 11.3 Å². The number of thiophene rings is 1. The number of nitrogens with one attached hydrogen (secondary N) is 1. The number of aliphatic imine (C=N–C) groups is 1. The summed E-state index contributed by atoms with van der Waals surface area (Å²) in [7, 11) is 0. The van der Waals surface area contributed by atoms with E-state index in [9.17, 15) is 4.79 Å². The second-order valence-corrected chi connectivity index (χ2v) is 11.1. The molecule has 0 saturated carbocycles. The van der Waals surface area contributed by atoms with Crippen LogP contribution in [0.5, 0.6) is 0 Å². The number of aryl methyl sites for hydroxylation is 2. The van der Waals surface area contributed by atoms with Gasteiger partial charge in [0.1, 0.15) is 16.9 Å². The number of aromatic nitrogens is 3. The number of hydrogen-bond donors (Lipinski definition) is 1. The molecule has 8 heteroatoms. The summed E-state index contributed by atoms with van der Waals surface area (Å²) in [6.45, 7) is 10.5. The summed E-state index contributed by atoms with van der Waals surface area (Å²) in [6, 6.07) is 15.2. The molecule has 4 aromatic rings. The minimum Gasteiger partial charge on any atom is -0.326 e. The van der Waals surface area contributed by atoms with Crippen molar-refractivity contribution in [3.8, 4) is 5.00 Å². The monoisotopic (exact) mass is 517 g/mol. The molecule has 0 unspecified atom stereocenters. The summed E-state index contributed by atoms with van der Waals surface area (Å²) in [5.74, 6) is 1.75. The highest BCUT2D eigenvalue weighted by molar-refractivity contribution is 7.15. The number of benzene rings is 2. The molecule has 0 bridgehead atoms. The SMILES string of the molecule is Cc1sc2c(c1C)C(c1ccc(Cl)cc1)=N[C@H](CC(=O)Nc1ccc(C(C)C)cc1)c1nnc(C)n1-2. The molecule has 1 aliphatic heterocycles. The van der Waals surface area contributed by atoms with Crippen LogP contribution >= 0.6 is 22.9 Å². The molecule has 36 heavy (non-hydrogen) atoms. The molecule has 1 N–H and O–H groups in total. The second-order valence-electron chi connectivity index (χ2n) is 9.43. The van der Waals surface area contributed by atoms with Crippen molar-refractivity contribution in [1.29, 1.82) is 0 Å². The Hall–Kier alpha value is -3.29. The maximum atomic E-state index is 13.2. The summed E-state index contributed by atoms with van der Waals surface area (Å²) >= 11 is 7.88. The quantitative estimate of drug-likeness (QED) is 0.311. The Balaban J connectivity index is 1.56. The van der Waals surface area contributed by atoms with Crippen LogP contribution in [0.1, 0.15) is 71.0 Å². The van der Waals surface area contributed by atoms with Gasteiger partial charge in [0.15, 0.2) is 5.82 Å². The fourth-order valence-corrected chi connectivity index (χ4v) is 5.81. The highest BCUT2D eigenvalue weighted by atomic mass is 35.5. The first kappa shape index (κ1) is 24.4. The molecule has 0 spiro atoms. The summed E-state index contributed by atoms with van der Waals surface area (Å²) in [6.07, 6.45) is 0.147. The van der Waals surface area contributed by atoms with Gasteiger partial charge in [-0.1, -0.05) is 49.7 Å². The molecule has 0 aliphatic carbocycles. The molecular weight excluding hydrogens is 490 g/mol. The number of carbonyl (C=O) groups excluding carboxylic acids is 1. The van der Waals surface area contributed by atoms with Crippen LogP contribution in [0.4, 0.5) is 5.69 Å². The number of hydrogen-bond acceptors (Lipinski definition) is 5. The molecule has 0 radical (unpaired) electrons. The molecule has 1 atom stereocenters. The van der Waals surface area contributed by atoms with Crippen LogP contribution < -0.4 is 5.32 Å². The highest BCUT2D eigenvalue weighted by Crippen LogP contribution is 2.39. The van der Waals surface area contributed by atoms with E-state index < -0.39 is 6.04 Å². The molecule has 0 saturated heterocycles. The zero-order valence-electron chi connectivity index (χ0n) is 21.0. The fourth-order valence-electron chi connectivity index (χ4n) is 4.47. The number of fused-ring (bicyclic) bond motifs is 3. The lowest BCUT2D eigenvalue weighted by molar-refractivity contribution is -0.116. The third-order valence-electron chi connectivity index (χ3n) is 6.60. The van der Waals surface area contributed by atoms with Crippen molar-refractivity contribution >= 4 is 40.2 Å². The van der Waals surface area contributed by atoms with Crippen molar-refractivity contribution in [1.82, 2.24) is 14.8 Å². The Bertz CT molecular complexity index is 1470. The van der Waals surface area contributed by atoms with Crippen molar-refractivity contribution in [3.05, 3.63) is 92.3 Å². The van der Waals surface area contributed by atoms with Gasteiger partial charge in [-0.25, -0.2) is 0 Å². The van der Waals surface area contributed by atoms with E-state index in [1.165, 1.54) is 10.4 Å². The molecule has 0 fully saturated rings. The van der Waals surface area contributed by atoms with Crippen LogP contribution in [0.15, 0.2) is 53.5 Å². The topological polar surface area (TPSA) is 72.2 Å². The molecular formula is C28H28ClN5OS. The average Bonchev–Trinajstić information content (AvgIpc) is 3.32. The molecule has 184 valence electrons. The lowest BCUT2D eigenvalue weighted by atomic mass is 9.99. The largest absolute Gasteiger partial charge is 0.326 e. The Morgan fingerprint density at radius 2 is 1.75 bits per heavy atom. The van der Waals surface area contributed by atoms with Gasteiger partial charge in [-0.3, -0.25) is 14.4 Å². The highest BCUT2D eigenvalue weighted by Gasteiger charge is 2.32. The zero-order valence-corrected chi connectivity index (χ0v) is 22.5. The number of amides is 1. The van der Waals surface area contributed by atoms with E-state index in [1.807, 2.05) is 55.5 Å². The Kier molecular flexibility index (Phi) is 6.53. The first-order chi connectivity index (χ1) is 17.2. The van der Waals surface area contributed by atoms with Crippen LogP contribution in [0.25, 0.3) is 5.00 Å². The van der Waals surface area contributed by atoms with Crippen molar-refractivity contribution in [2.75, 3.05) is 5.32 Å². The number of nitrogens with zero attached hydrogens (tertiary/aromatic N) is 4. The maximum Gasteiger partial charge on any atom is 0.227 e. The number of halogens is 1. The minimum atomic E-state index is -0.494. The molecule has 1 aliphatic rings. The first-order valence-corrected chi connectivity index (χ1v) is 13.2. The van der Waals surface area contributed by atoms with E-state index in [0.717, 1.165) is 38.9 Å². The van der Waals surface area contributed by atoms with Crippen LogP contribution in [-0.4, -0.2) is 26.4 Å². The van der Waals surface area contributed by atoms with E-state index in [2.05, 4.69) is 47.8 Å². The van der Waals surface area contributed by atoms with E-state index in [0.29, 0.717) is 16.8 Å². The Morgan fingerprint density at radius 1 is 1.06 bits per heavy atom. The normalized spacial score (nSPS) is 14.8. The van der Waals surface area contributed by atoms with Gasteiger partial charge in [-0.05, 0) is 62.1 Å². The molecule has 2 aromatic heterocycles. The average molecular weight is 518 g/mol. The van der Waals surface area contributed by atoms with Crippen LogP contribution in [-0.2, 0) is 4.79 Å². The van der Waals surface area contributed by atoms with Gasteiger partial charge in [-0.2, -0.15) is 0 Å². The second kappa shape index (κ2) is 9.64. The van der Waals surface area contributed by atoms with Crippen molar-refractivity contribution in [2.45, 2.75) is 53.0 Å². The smallest absolute Gasteiger partial charge is 0.227 e. The fraction of sp³-hybridized carbons (Fsp3) is 0.286. The summed E-state index contributed by atoms with van der Waals surface area (Å²) in [5, 5.41) is 13.6. The summed E-state index contributed by atoms with van der Waals surface area (Å²) in [4.78, 5) is 19.6. The third-order valence-corrected chi connectivity index (χ3v) is 8.04. The van der Waals surface area contributed by atoms with Crippen LogP contribution in [0, 0.1) is 20.8 Å². The number of rotatable bonds is 5. The molecule has 2 aromatic carbocycles.